The third-order valence-corrected chi connectivity index (χ3v) is 5.59. The molecule has 1 aromatic rings. The molecule has 0 saturated heterocycles. The van der Waals surface area contributed by atoms with Crippen LogP contribution in [-0.4, -0.2) is 34.8 Å². The molecular formula is C14H25N3O2S. The lowest BCUT2D eigenvalue weighted by Crippen LogP contribution is -2.38. The molecule has 1 aromatic heterocycles. The van der Waals surface area contributed by atoms with Crippen molar-refractivity contribution in [1.82, 2.24) is 14.1 Å². The summed E-state index contributed by atoms with van der Waals surface area (Å²) in [6.07, 6.45) is 4.20. The lowest BCUT2D eigenvalue weighted by atomic mass is 10.1. The second-order valence-corrected chi connectivity index (χ2v) is 8.54. The van der Waals surface area contributed by atoms with Gasteiger partial charge in [-0.2, -0.15) is 9.40 Å². The lowest BCUT2D eigenvalue weighted by Gasteiger charge is -2.29. The summed E-state index contributed by atoms with van der Waals surface area (Å²) >= 11 is 0. The molecule has 5 nitrogen and oxygen atoms in total. The summed E-state index contributed by atoms with van der Waals surface area (Å²) in [5.74, 6) is 0.256. The highest BCUT2D eigenvalue weighted by Crippen LogP contribution is 2.25. The summed E-state index contributed by atoms with van der Waals surface area (Å²) in [5.41, 5.74) is 2.17. The molecule has 6 heteroatoms. The summed E-state index contributed by atoms with van der Waals surface area (Å²) in [5, 5.41) is 4.44. The Kier molecular flexibility index (Phi) is 4.25. The summed E-state index contributed by atoms with van der Waals surface area (Å²) in [7, 11) is -3.12. The summed E-state index contributed by atoms with van der Waals surface area (Å²) < 4.78 is 28.2. The average Bonchev–Trinajstić information content (AvgIpc) is 2.79. The van der Waals surface area contributed by atoms with E-state index in [0.29, 0.717) is 13.1 Å². The zero-order chi connectivity index (χ0) is 15.0. The number of unbranched alkanes of at least 4 members (excludes halogenated alkanes) is 1. The van der Waals surface area contributed by atoms with Crippen LogP contribution in [0.2, 0.25) is 0 Å². The molecule has 0 radical (unpaired) electrons. The molecule has 0 unspecified atom stereocenters. The molecule has 0 aromatic carbocycles. The van der Waals surface area contributed by atoms with E-state index in [4.69, 9.17) is 0 Å². The smallest absolute Gasteiger partial charge is 0.214 e. The van der Waals surface area contributed by atoms with Crippen LogP contribution in [0.3, 0.4) is 0 Å². The first-order valence-corrected chi connectivity index (χ1v) is 8.90. The van der Waals surface area contributed by atoms with Crippen molar-refractivity contribution in [3.8, 4) is 0 Å². The highest BCUT2D eigenvalue weighted by molar-refractivity contribution is 7.89. The van der Waals surface area contributed by atoms with Crippen LogP contribution in [0.4, 0.5) is 0 Å². The van der Waals surface area contributed by atoms with E-state index in [2.05, 4.69) is 25.9 Å². The number of nitrogens with zero attached hydrogens (tertiary/aromatic N) is 3. The fourth-order valence-electron chi connectivity index (χ4n) is 2.58. The van der Waals surface area contributed by atoms with Crippen molar-refractivity contribution < 1.29 is 8.42 Å². The third kappa shape index (κ3) is 3.06. The summed E-state index contributed by atoms with van der Waals surface area (Å²) in [6.45, 7) is 9.40. The fourth-order valence-corrected chi connectivity index (χ4v) is 4.19. The molecular weight excluding hydrogens is 274 g/mol. The lowest BCUT2D eigenvalue weighted by molar-refractivity contribution is 0.325. The van der Waals surface area contributed by atoms with Gasteiger partial charge in [0.15, 0.2) is 0 Å². The quantitative estimate of drug-likeness (QED) is 0.856. The van der Waals surface area contributed by atoms with Gasteiger partial charge in [-0.3, -0.25) is 4.68 Å². The molecule has 0 saturated carbocycles. The van der Waals surface area contributed by atoms with Gasteiger partial charge in [-0.05, 0) is 27.2 Å². The predicted octanol–water partition coefficient (Wildman–Crippen LogP) is 2.13. The zero-order valence-electron chi connectivity index (χ0n) is 12.9. The monoisotopic (exact) mass is 299 g/mol. The Morgan fingerprint density at radius 2 is 2.05 bits per heavy atom. The SMILES string of the molecule is CCCCS(=O)(=O)N1CCc2c(cnn2C(C)(C)C)C1. The molecule has 114 valence electrons. The van der Waals surface area contributed by atoms with Gasteiger partial charge in [0.05, 0.1) is 17.5 Å². The minimum atomic E-state index is -3.12. The Labute approximate surface area is 122 Å². The van der Waals surface area contributed by atoms with Crippen molar-refractivity contribution in [2.75, 3.05) is 12.3 Å². The maximum Gasteiger partial charge on any atom is 0.214 e. The molecule has 0 fully saturated rings. The van der Waals surface area contributed by atoms with E-state index >= 15 is 0 Å². The number of aromatic nitrogens is 2. The number of sulfonamides is 1. The predicted molar refractivity (Wildman–Crippen MR) is 80.0 cm³/mol. The van der Waals surface area contributed by atoms with Crippen LogP contribution in [-0.2, 0) is 28.5 Å². The van der Waals surface area contributed by atoms with Gasteiger partial charge in [0.25, 0.3) is 0 Å². The summed E-state index contributed by atoms with van der Waals surface area (Å²) in [6, 6.07) is 0. The van der Waals surface area contributed by atoms with Gasteiger partial charge in [0.1, 0.15) is 0 Å². The molecule has 0 amide bonds. The van der Waals surface area contributed by atoms with Crippen LogP contribution >= 0.6 is 0 Å². The molecule has 1 aliphatic heterocycles. The van der Waals surface area contributed by atoms with Crippen molar-refractivity contribution in [3.63, 3.8) is 0 Å². The summed E-state index contributed by atoms with van der Waals surface area (Å²) in [4.78, 5) is 0. The first kappa shape index (κ1) is 15.5. The minimum Gasteiger partial charge on any atom is -0.264 e. The molecule has 0 aliphatic carbocycles. The van der Waals surface area contributed by atoms with Crippen LogP contribution in [0.25, 0.3) is 0 Å². The van der Waals surface area contributed by atoms with E-state index in [9.17, 15) is 8.42 Å². The Balaban J connectivity index is 2.19. The zero-order valence-corrected chi connectivity index (χ0v) is 13.7. The van der Waals surface area contributed by atoms with E-state index in [1.165, 1.54) is 5.69 Å². The normalized spacial score (nSPS) is 17.2. The second kappa shape index (κ2) is 5.48. The largest absolute Gasteiger partial charge is 0.264 e. The van der Waals surface area contributed by atoms with Crippen LogP contribution < -0.4 is 0 Å². The van der Waals surface area contributed by atoms with Crippen LogP contribution in [0.1, 0.15) is 51.8 Å². The van der Waals surface area contributed by atoms with Gasteiger partial charge in [-0.15, -0.1) is 0 Å². The molecule has 0 atom stereocenters. The van der Waals surface area contributed by atoms with Crippen molar-refractivity contribution in [2.45, 2.75) is 59.0 Å². The standard InChI is InChI=1S/C14H25N3O2S/c1-5-6-9-20(18,19)16-8-7-13-12(11-16)10-15-17(13)14(2,3)4/h10H,5-9,11H2,1-4H3. The van der Waals surface area contributed by atoms with Gasteiger partial charge in [-0.1, -0.05) is 13.3 Å². The molecule has 0 spiro atoms. The number of rotatable bonds is 4. The van der Waals surface area contributed by atoms with E-state index in [-0.39, 0.29) is 11.3 Å². The van der Waals surface area contributed by atoms with Gasteiger partial charge in [0, 0.05) is 30.8 Å². The first-order chi connectivity index (χ1) is 9.25. The van der Waals surface area contributed by atoms with Gasteiger partial charge in [-0.25, -0.2) is 8.42 Å². The molecule has 0 bridgehead atoms. The van der Waals surface area contributed by atoms with Crippen molar-refractivity contribution in [1.29, 1.82) is 0 Å². The molecule has 2 rings (SSSR count). The van der Waals surface area contributed by atoms with Crippen LogP contribution in [0.15, 0.2) is 6.20 Å². The maximum atomic E-state index is 12.3. The van der Waals surface area contributed by atoms with Crippen molar-refractivity contribution in [3.05, 3.63) is 17.5 Å². The van der Waals surface area contributed by atoms with E-state index in [1.54, 1.807) is 4.31 Å². The molecule has 20 heavy (non-hydrogen) atoms. The molecule has 1 aliphatic rings. The Bertz CT molecular complexity index is 570. The Morgan fingerprint density at radius 1 is 1.35 bits per heavy atom. The Hall–Kier alpha value is -0.880. The fraction of sp³-hybridized carbons (Fsp3) is 0.786. The second-order valence-electron chi connectivity index (χ2n) is 6.45. The molecule has 0 N–H and O–H groups in total. The average molecular weight is 299 g/mol. The topological polar surface area (TPSA) is 55.2 Å². The van der Waals surface area contributed by atoms with Crippen molar-refractivity contribution >= 4 is 10.0 Å². The van der Waals surface area contributed by atoms with E-state index < -0.39 is 10.0 Å². The highest BCUT2D eigenvalue weighted by Gasteiger charge is 2.30. The van der Waals surface area contributed by atoms with E-state index in [1.807, 2.05) is 17.8 Å². The van der Waals surface area contributed by atoms with E-state index in [0.717, 1.165) is 24.8 Å². The minimum absolute atomic E-state index is 0.0587. The molecule has 2 heterocycles. The first-order valence-electron chi connectivity index (χ1n) is 7.30. The Morgan fingerprint density at radius 3 is 2.65 bits per heavy atom. The van der Waals surface area contributed by atoms with Gasteiger partial charge < -0.3 is 0 Å². The van der Waals surface area contributed by atoms with Crippen LogP contribution in [0.5, 0.6) is 0 Å². The van der Waals surface area contributed by atoms with Gasteiger partial charge >= 0.3 is 0 Å². The number of fused-ring (bicyclic) bond motifs is 1. The highest BCUT2D eigenvalue weighted by atomic mass is 32.2. The van der Waals surface area contributed by atoms with Gasteiger partial charge in [0.2, 0.25) is 10.0 Å². The maximum absolute atomic E-state index is 12.3. The van der Waals surface area contributed by atoms with Crippen molar-refractivity contribution in [2.24, 2.45) is 0 Å². The number of hydrogen-bond acceptors (Lipinski definition) is 3. The third-order valence-electron chi connectivity index (χ3n) is 3.68. The van der Waals surface area contributed by atoms with Crippen LogP contribution in [0, 0.1) is 0 Å². The number of hydrogen-bond donors (Lipinski definition) is 0.